The molecule has 0 atom stereocenters. The summed E-state index contributed by atoms with van der Waals surface area (Å²) in [7, 11) is 0. The zero-order chi connectivity index (χ0) is 9.84. The van der Waals surface area contributed by atoms with Crippen molar-refractivity contribution >= 4 is 33.9 Å². The Labute approximate surface area is 83.2 Å². The van der Waals surface area contributed by atoms with Crippen LogP contribution in [0.1, 0.15) is 10.4 Å². The molecule has 5 heteroatoms. The van der Waals surface area contributed by atoms with Gasteiger partial charge in [-0.05, 0) is 18.2 Å². The normalized spacial score (nSPS) is 9.31. The van der Waals surface area contributed by atoms with Crippen LogP contribution >= 0.6 is 15.9 Å². The average Bonchev–Trinajstić information content (AvgIpc) is 2.04. The third-order valence-corrected chi connectivity index (χ3v) is 1.95. The summed E-state index contributed by atoms with van der Waals surface area (Å²) >= 11 is 3.21. The van der Waals surface area contributed by atoms with Crippen LogP contribution in [0.3, 0.4) is 0 Å². The average molecular weight is 243 g/mol. The van der Waals surface area contributed by atoms with E-state index in [2.05, 4.69) is 21.2 Å². The molecule has 0 aliphatic rings. The molecular formula is C8H7BrN2O2. The molecule has 0 aromatic heterocycles. The van der Waals surface area contributed by atoms with Crippen LogP contribution in [0.4, 0.5) is 5.69 Å². The number of anilines is 1. The molecule has 1 aromatic carbocycles. The number of halogens is 1. The van der Waals surface area contributed by atoms with Crippen LogP contribution in [-0.4, -0.2) is 12.3 Å². The molecule has 0 aliphatic heterocycles. The van der Waals surface area contributed by atoms with Gasteiger partial charge in [0.15, 0.2) is 0 Å². The van der Waals surface area contributed by atoms with Gasteiger partial charge in [-0.2, -0.15) is 0 Å². The monoisotopic (exact) mass is 242 g/mol. The van der Waals surface area contributed by atoms with Crippen LogP contribution in [0, 0.1) is 0 Å². The zero-order valence-corrected chi connectivity index (χ0v) is 8.17. The molecule has 4 nitrogen and oxygen atoms in total. The van der Waals surface area contributed by atoms with Crippen molar-refractivity contribution in [3.05, 3.63) is 28.2 Å². The Hall–Kier alpha value is -1.36. The lowest BCUT2D eigenvalue weighted by atomic mass is 10.2. The lowest BCUT2D eigenvalue weighted by Gasteiger charge is -2.04. The van der Waals surface area contributed by atoms with Crippen LogP contribution in [0.15, 0.2) is 22.7 Å². The van der Waals surface area contributed by atoms with Crippen molar-refractivity contribution in [2.75, 3.05) is 5.32 Å². The van der Waals surface area contributed by atoms with E-state index in [0.717, 1.165) is 4.47 Å². The van der Waals surface area contributed by atoms with Gasteiger partial charge in [-0.1, -0.05) is 15.9 Å². The molecule has 0 fully saturated rings. The number of hydrogen-bond acceptors (Lipinski definition) is 2. The highest BCUT2D eigenvalue weighted by atomic mass is 79.9. The number of nitrogens with two attached hydrogens (primary N) is 1. The fraction of sp³-hybridized carbons (Fsp3) is 0. The van der Waals surface area contributed by atoms with E-state index in [9.17, 15) is 9.59 Å². The number of hydrogen-bond donors (Lipinski definition) is 2. The van der Waals surface area contributed by atoms with Crippen LogP contribution in [0.5, 0.6) is 0 Å². The van der Waals surface area contributed by atoms with Crippen molar-refractivity contribution in [1.29, 1.82) is 0 Å². The van der Waals surface area contributed by atoms with Gasteiger partial charge in [-0.15, -0.1) is 0 Å². The molecule has 0 saturated carbocycles. The van der Waals surface area contributed by atoms with Crippen molar-refractivity contribution in [3.8, 4) is 0 Å². The van der Waals surface area contributed by atoms with Crippen molar-refractivity contribution in [1.82, 2.24) is 0 Å². The molecular weight excluding hydrogens is 236 g/mol. The summed E-state index contributed by atoms with van der Waals surface area (Å²) in [6.07, 6.45) is 0.494. The molecule has 1 aromatic rings. The topological polar surface area (TPSA) is 72.2 Å². The minimum Gasteiger partial charge on any atom is -0.366 e. The smallest absolute Gasteiger partial charge is 0.250 e. The second-order valence-electron chi connectivity index (χ2n) is 2.32. The lowest BCUT2D eigenvalue weighted by Crippen LogP contribution is -2.13. The fourth-order valence-corrected chi connectivity index (χ4v) is 1.28. The van der Waals surface area contributed by atoms with E-state index < -0.39 is 5.91 Å². The summed E-state index contributed by atoms with van der Waals surface area (Å²) in [4.78, 5) is 21.0. The van der Waals surface area contributed by atoms with Crippen LogP contribution in [0.2, 0.25) is 0 Å². The van der Waals surface area contributed by atoms with Gasteiger partial charge in [-0.3, -0.25) is 9.59 Å². The quantitative estimate of drug-likeness (QED) is 0.780. The Morgan fingerprint density at radius 1 is 1.54 bits per heavy atom. The zero-order valence-electron chi connectivity index (χ0n) is 6.58. The molecule has 0 radical (unpaired) electrons. The second kappa shape index (κ2) is 4.04. The van der Waals surface area contributed by atoms with E-state index >= 15 is 0 Å². The highest BCUT2D eigenvalue weighted by Crippen LogP contribution is 2.20. The first-order valence-corrected chi connectivity index (χ1v) is 4.24. The van der Waals surface area contributed by atoms with Crippen molar-refractivity contribution < 1.29 is 9.59 Å². The van der Waals surface area contributed by atoms with Gasteiger partial charge in [0.1, 0.15) is 0 Å². The first-order chi connectivity index (χ1) is 6.15. The number of amides is 2. The summed E-state index contributed by atoms with van der Waals surface area (Å²) in [5.41, 5.74) is 5.77. The highest BCUT2D eigenvalue weighted by Gasteiger charge is 2.07. The Kier molecular flexibility index (Phi) is 3.02. The molecule has 0 aliphatic carbocycles. The molecule has 0 unspecified atom stereocenters. The standard InChI is InChI=1S/C8H7BrN2O2/c9-5-1-2-6(8(10)13)7(3-5)11-4-12/h1-4H,(H2,10,13)(H,11,12). The predicted molar refractivity (Wildman–Crippen MR) is 52.3 cm³/mol. The minimum atomic E-state index is -0.572. The molecule has 0 saturated heterocycles. The van der Waals surface area contributed by atoms with Crippen LogP contribution in [-0.2, 0) is 4.79 Å². The molecule has 2 amide bonds. The maximum absolute atomic E-state index is 10.9. The SMILES string of the molecule is NC(=O)c1ccc(Br)cc1NC=O. The number of carbonyl (C=O) groups is 2. The van der Waals surface area contributed by atoms with Crippen molar-refractivity contribution in [2.45, 2.75) is 0 Å². The van der Waals surface area contributed by atoms with Crippen molar-refractivity contribution in [3.63, 3.8) is 0 Å². The maximum atomic E-state index is 10.9. The number of benzene rings is 1. The van der Waals surface area contributed by atoms with Gasteiger partial charge in [-0.25, -0.2) is 0 Å². The van der Waals surface area contributed by atoms with Gasteiger partial charge < -0.3 is 11.1 Å². The van der Waals surface area contributed by atoms with Crippen molar-refractivity contribution in [2.24, 2.45) is 5.73 Å². The van der Waals surface area contributed by atoms with Gasteiger partial charge in [0.25, 0.3) is 5.91 Å². The molecule has 0 bridgehead atoms. The first-order valence-electron chi connectivity index (χ1n) is 3.44. The van der Waals surface area contributed by atoms with E-state index in [4.69, 9.17) is 5.73 Å². The third-order valence-electron chi connectivity index (χ3n) is 1.46. The van der Waals surface area contributed by atoms with Gasteiger partial charge in [0, 0.05) is 4.47 Å². The van der Waals surface area contributed by atoms with E-state index in [-0.39, 0.29) is 5.56 Å². The van der Waals surface area contributed by atoms with E-state index in [1.807, 2.05) is 0 Å². The molecule has 1 rings (SSSR count). The number of rotatable bonds is 3. The molecule has 3 N–H and O–H groups in total. The summed E-state index contributed by atoms with van der Waals surface area (Å²) in [6.45, 7) is 0. The van der Waals surface area contributed by atoms with Crippen LogP contribution < -0.4 is 11.1 Å². The molecule has 68 valence electrons. The van der Waals surface area contributed by atoms with Gasteiger partial charge in [0.2, 0.25) is 6.41 Å². The fourth-order valence-electron chi connectivity index (χ4n) is 0.914. The van der Waals surface area contributed by atoms with Crippen LogP contribution in [0.25, 0.3) is 0 Å². The largest absolute Gasteiger partial charge is 0.366 e. The first kappa shape index (κ1) is 9.73. The predicted octanol–water partition coefficient (Wildman–Crippen LogP) is 1.12. The summed E-state index contributed by atoms with van der Waals surface area (Å²) in [5.74, 6) is -0.572. The van der Waals surface area contributed by atoms with E-state index in [1.165, 1.54) is 6.07 Å². The minimum absolute atomic E-state index is 0.287. The summed E-state index contributed by atoms with van der Waals surface area (Å²) in [5, 5.41) is 2.39. The second-order valence-corrected chi connectivity index (χ2v) is 3.23. The Morgan fingerprint density at radius 2 is 2.23 bits per heavy atom. The summed E-state index contributed by atoms with van der Waals surface area (Å²) in [6, 6.07) is 4.82. The number of carbonyl (C=O) groups excluding carboxylic acids is 2. The van der Waals surface area contributed by atoms with E-state index in [1.54, 1.807) is 12.1 Å². The lowest BCUT2D eigenvalue weighted by molar-refractivity contribution is -0.105. The van der Waals surface area contributed by atoms with Gasteiger partial charge >= 0.3 is 0 Å². The summed E-state index contributed by atoms with van der Waals surface area (Å²) < 4.78 is 0.766. The highest BCUT2D eigenvalue weighted by molar-refractivity contribution is 9.10. The Morgan fingerprint density at radius 3 is 2.77 bits per heavy atom. The Bertz CT molecular complexity index is 352. The Balaban J connectivity index is 3.17. The van der Waals surface area contributed by atoms with E-state index in [0.29, 0.717) is 12.1 Å². The third kappa shape index (κ3) is 2.29. The molecule has 0 heterocycles. The molecule has 0 spiro atoms. The maximum Gasteiger partial charge on any atom is 0.250 e. The van der Waals surface area contributed by atoms with Gasteiger partial charge in [0.05, 0.1) is 11.3 Å². The number of nitrogens with one attached hydrogen (secondary N) is 1. The number of primary amides is 1. The molecule has 13 heavy (non-hydrogen) atoms.